The van der Waals surface area contributed by atoms with Crippen LogP contribution in [-0.2, 0) is 0 Å². The molecule has 0 fully saturated rings. The molecule has 0 saturated heterocycles. The molecule has 1 aliphatic heterocycles. The molecule has 2 amide bonds. The van der Waals surface area contributed by atoms with Crippen LogP contribution in [0.4, 0.5) is 0 Å². The highest BCUT2D eigenvalue weighted by Crippen LogP contribution is 2.28. The maximum atomic E-state index is 12.3. The lowest BCUT2D eigenvalue weighted by molar-refractivity contribution is 0.0631. The van der Waals surface area contributed by atoms with Gasteiger partial charge in [0.1, 0.15) is 12.4 Å². The lowest BCUT2D eigenvalue weighted by Crippen LogP contribution is -2.33. The Labute approximate surface area is 142 Å². The number of hydrogen-bond acceptors (Lipinski definition) is 3. The Morgan fingerprint density at radius 2 is 1.54 bits per heavy atom. The van der Waals surface area contributed by atoms with Gasteiger partial charge in [-0.2, -0.15) is 0 Å². The number of nitrogens with zero attached hydrogens (tertiary/aromatic N) is 1. The van der Waals surface area contributed by atoms with Crippen molar-refractivity contribution in [2.45, 2.75) is 26.2 Å². The highest BCUT2D eigenvalue weighted by molar-refractivity contribution is 6.21. The summed E-state index contributed by atoms with van der Waals surface area (Å²) in [6, 6.07) is 14.8. The molecule has 2 aromatic rings. The zero-order chi connectivity index (χ0) is 17.1. The first kappa shape index (κ1) is 16.2. The van der Waals surface area contributed by atoms with E-state index in [1.807, 2.05) is 18.2 Å². The molecule has 2 aromatic carbocycles. The quantitative estimate of drug-likeness (QED) is 0.758. The molecule has 24 heavy (non-hydrogen) atoms. The van der Waals surface area contributed by atoms with Gasteiger partial charge in [0.2, 0.25) is 0 Å². The van der Waals surface area contributed by atoms with Gasteiger partial charge >= 0.3 is 0 Å². The number of carbonyl (C=O) groups excluding carboxylic acids is 2. The standard InChI is InChI=1S/C20H21NO3/c1-3-14(2)15-8-6-7-11-18(15)24-13-12-21-19(22)16-9-4-5-10-17(16)20(21)23/h4-11,14H,3,12-13H2,1-2H3/t14-/m1/s1. The normalized spacial score (nSPS) is 14.7. The van der Waals surface area contributed by atoms with Crippen LogP contribution in [0, 0.1) is 0 Å². The molecule has 0 N–H and O–H groups in total. The van der Waals surface area contributed by atoms with Gasteiger partial charge in [0.15, 0.2) is 0 Å². The van der Waals surface area contributed by atoms with Gasteiger partial charge in [0, 0.05) is 0 Å². The van der Waals surface area contributed by atoms with Gasteiger partial charge in [-0.1, -0.05) is 44.2 Å². The molecule has 1 heterocycles. The summed E-state index contributed by atoms with van der Waals surface area (Å²) >= 11 is 0. The van der Waals surface area contributed by atoms with E-state index < -0.39 is 0 Å². The lowest BCUT2D eigenvalue weighted by Gasteiger charge is -2.18. The summed E-state index contributed by atoms with van der Waals surface area (Å²) in [5.41, 5.74) is 2.10. The summed E-state index contributed by atoms with van der Waals surface area (Å²) in [6.45, 7) is 4.84. The number of ether oxygens (including phenoxy) is 1. The molecule has 0 aliphatic carbocycles. The van der Waals surface area contributed by atoms with Crippen LogP contribution in [0.5, 0.6) is 5.75 Å². The van der Waals surface area contributed by atoms with E-state index in [-0.39, 0.29) is 18.4 Å². The van der Waals surface area contributed by atoms with Crippen molar-refractivity contribution in [2.75, 3.05) is 13.2 Å². The first-order valence-electron chi connectivity index (χ1n) is 8.30. The maximum absolute atomic E-state index is 12.3. The van der Waals surface area contributed by atoms with Crippen molar-refractivity contribution >= 4 is 11.8 Å². The van der Waals surface area contributed by atoms with Crippen molar-refractivity contribution in [1.29, 1.82) is 0 Å². The SMILES string of the molecule is CC[C@@H](C)c1ccccc1OCCN1C(=O)c2ccccc2C1=O. The zero-order valence-electron chi connectivity index (χ0n) is 14.0. The molecule has 0 saturated carbocycles. The minimum atomic E-state index is -0.241. The molecule has 0 spiro atoms. The monoisotopic (exact) mass is 323 g/mol. The number of imide groups is 1. The Morgan fingerprint density at radius 1 is 0.958 bits per heavy atom. The number of amides is 2. The molecular formula is C20H21NO3. The highest BCUT2D eigenvalue weighted by atomic mass is 16.5. The summed E-state index contributed by atoms with van der Waals surface area (Å²) in [5.74, 6) is 0.743. The zero-order valence-corrected chi connectivity index (χ0v) is 14.0. The van der Waals surface area contributed by atoms with Gasteiger partial charge in [0.05, 0.1) is 17.7 Å². The molecule has 4 heteroatoms. The minimum absolute atomic E-state index is 0.241. The number of benzene rings is 2. The fourth-order valence-corrected chi connectivity index (χ4v) is 2.93. The van der Waals surface area contributed by atoms with Crippen molar-refractivity contribution in [3.8, 4) is 5.75 Å². The summed E-state index contributed by atoms with van der Waals surface area (Å²) in [4.78, 5) is 25.9. The van der Waals surface area contributed by atoms with Crippen LogP contribution in [0.2, 0.25) is 0 Å². The fraction of sp³-hybridized carbons (Fsp3) is 0.300. The third-order valence-corrected chi connectivity index (χ3v) is 4.51. The number of rotatable bonds is 6. The Morgan fingerprint density at radius 3 is 2.17 bits per heavy atom. The van der Waals surface area contributed by atoms with Crippen molar-refractivity contribution in [3.05, 3.63) is 65.2 Å². The van der Waals surface area contributed by atoms with Crippen molar-refractivity contribution in [2.24, 2.45) is 0 Å². The summed E-state index contributed by atoms with van der Waals surface area (Å²) in [6.07, 6.45) is 1.03. The Kier molecular flexibility index (Phi) is 4.65. The second-order valence-corrected chi connectivity index (χ2v) is 6.00. The second-order valence-electron chi connectivity index (χ2n) is 6.00. The van der Waals surface area contributed by atoms with Gasteiger partial charge in [-0.3, -0.25) is 14.5 Å². The van der Waals surface area contributed by atoms with E-state index in [2.05, 4.69) is 19.9 Å². The molecule has 0 radical (unpaired) electrons. The summed E-state index contributed by atoms with van der Waals surface area (Å²) in [7, 11) is 0. The van der Waals surface area contributed by atoms with Gasteiger partial charge in [-0.15, -0.1) is 0 Å². The van der Waals surface area contributed by atoms with Gasteiger partial charge in [-0.25, -0.2) is 0 Å². The smallest absolute Gasteiger partial charge is 0.261 e. The van der Waals surface area contributed by atoms with Crippen LogP contribution in [0.1, 0.15) is 52.5 Å². The fourth-order valence-electron chi connectivity index (χ4n) is 2.93. The number of carbonyl (C=O) groups is 2. The molecule has 0 aromatic heterocycles. The van der Waals surface area contributed by atoms with Crippen LogP contribution in [0.15, 0.2) is 48.5 Å². The van der Waals surface area contributed by atoms with Crippen LogP contribution >= 0.6 is 0 Å². The second kappa shape index (κ2) is 6.87. The van der Waals surface area contributed by atoms with E-state index >= 15 is 0 Å². The topological polar surface area (TPSA) is 46.6 Å². The number of para-hydroxylation sites is 1. The first-order valence-corrected chi connectivity index (χ1v) is 8.30. The average Bonchev–Trinajstić information content (AvgIpc) is 2.86. The van der Waals surface area contributed by atoms with Crippen LogP contribution in [0.25, 0.3) is 0 Å². The van der Waals surface area contributed by atoms with Gasteiger partial charge in [0.25, 0.3) is 11.8 Å². The number of fused-ring (bicyclic) bond motifs is 1. The highest BCUT2D eigenvalue weighted by Gasteiger charge is 2.34. The molecule has 1 aliphatic rings. The largest absolute Gasteiger partial charge is 0.491 e. The molecular weight excluding hydrogens is 302 g/mol. The van der Waals surface area contributed by atoms with Crippen molar-refractivity contribution in [1.82, 2.24) is 4.90 Å². The Bertz CT molecular complexity index is 734. The van der Waals surface area contributed by atoms with E-state index in [1.54, 1.807) is 24.3 Å². The molecule has 0 unspecified atom stereocenters. The van der Waals surface area contributed by atoms with E-state index in [4.69, 9.17) is 4.74 Å². The lowest BCUT2D eigenvalue weighted by atomic mass is 9.98. The van der Waals surface area contributed by atoms with E-state index in [9.17, 15) is 9.59 Å². The van der Waals surface area contributed by atoms with Crippen LogP contribution in [0.3, 0.4) is 0 Å². The third kappa shape index (κ3) is 2.92. The summed E-state index contributed by atoms with van der Waals surface area (Å²) in [5, 5.41) is 0. The first-order chi connectivity index (χ1) is 11.6. The molecule has 3 rings (SSSR count). The predicted octanol–water partition coefficient (Wildman–Crippen LogP) is 3.88. The third-order valence-electron chi connectivity index (χ3n) is 4.51. The molecule has 124 valence electrons. The molecule has 0 bridgehead atoms. The summed E-state index contributed by atoms with van der Waals surface area (Å²) < 4.78 is 5.87. The van der Waals surface area contributed by atoms with Crippen molar-refractivity contribution < 1.29 is 14.3 Å². The molecule has 1 atom stereocenters. The van der Waals surface area contributed by atoms with E-state index in [0.29, 0.717) is 23.7 Å². The minimum Gasteiger partial charge on any atom is -0.491 e. The van der Waals surface area contributed by atoms with Crippen molar-refractivity contribution in [3.63, 3.8) is 0 Å². The predicted molar refractivity (Wildman–Crippen MR) is 92.5 cm³/mol. The maximum Gasteiger partial charge on any atom is 0.261 e. The molecule has 4 nitrogen and oxygen atoms in total. The Balaban J connectivity index is 1.66. The van der Waals surface area contributed by atoms with Crippen LogP contribution in [-0.4, -0.2) is 29.9 Å². The van der Waals surface area contributed by atoms with E-state index in [1.165, 1.54) is 4.90 Å². The average molecular weight is 323 g/mol. The van der Waals surface area contributed by atoms with Gasteiger partial charge < -0.3 is 4.74 Å². The van der Waals surface area contributed by atoms with Gasteiger partial charge in [-0.05, 0) is 36.1 Å². The van der Waals surface area contributed by atoms with E-state index in [0.717, 1.165) is 17.7 Å². The Hall–Kier alpha value is -2.62. The number of hydrogen-bond donors (Lipinski definition) is 0. The van der Waals surface area contributed by atoms with Crippen LogP contribution < -0.4 is 4.74 Å².